The molecule has 0 aliphatic heterocycles. The molecular weight excluding hydrogens is 143 g/mol. The topological polar surface area (TPSA) is 70.2 Å². The van der Waals surface area contributed by atoms with Crippen molar-refractivity contribution in [3.63, 3.8) is 0 Å². The zero-order chi connectivity index (χ0) is 7.33. The zero-order valence-electron chi connectivity index (χ0n) is 5.07. The van der Waals surface area contributed by atoms with Crippen LogP contribution in [-0.2, 0) is 13.6 Å². The molecule has 0 aromatic rings. The molecule has 0 aliphatic carbocycles. The number of hydrogen-bond acceptors (Lipinski definition) is 3. The van der Waals surface area contributed by atoms with Gasteiger partial charge in [-0.3, -0.25) is 4.57 Å². The van der Waals surface area contributed by atoms with Gasteiger partial charge in [0, 0.05) is 14.2 Å². The van der Waals surface area contributed by atoms with Gasteiger partial charge in [0.1, 0.15) is 0 Å². The highest BCUT2D eigenvalue weighted by atomic mass is 31.2. The summed E-state index contributed by atoms with van der Waals surface area (Å²) >= 11 is 0. The summed E-state index contributed by atoms with van der Waals surface area (Å²) in [5.41, 5.74) is 0. The lowest BCUT2D eigenvalue weighted by Crippen LogP contribution is -1.82. The molecule has 0 rings (SSSR count). The lowest BCUT2D eigenvalue weighted by atomic mass is 11.6. The van der Waals surface area contributed by atoms with E-state index < -0.39 is 7.75 Å². The van der Waals surface area contributed by atoms with Gasteiger partial charge in [0.25, 0.3) is 0 Å². The second kappa shape index (κ2) is 3.54. The smallest absolute Gasteiger partial charge is 0.360 e. The summed E-state index contributed by atoms with van der Waals surface area (Å²) in [6, 6.07) is 1.32. The van der Waals surface area contributed by atoms with E-state index in [9.17, 15) is 4.57 Å². The van der Waals surface area contributed by atoms with E-state index >= 15 is 0 Å². The Labute approximate surface area is 52.8 Å². The summed E-state index contributed by atoms with van der Waals surface area (Å²) in [5, 5.41) is 7.92. The van der Waals surface area contributed by atoms with Gasteiger partial charge >= 0.3 is 7.75 Å². The van der Waals surface area contributed by atoms with E-state index in [1.54, 1.807) is 0 Å². The van der Waals surface area contributed by atoms with Crippen LogP contribution in [0.4, 0.5) is 0 Å². The van der Waals surface area contributed by atoms with Crippen LogP contribution in [-0.4, -0.2) is 20.2 Å². The maximum atomic E-state index is 10.7. The average molecular weight is 149 g/mol. The quantitative estimate of drug-likeness (QED) is 0.446. The van der Waals surface area contributed by atoms with E-state index in [1.165, 1.54) is 6.01 Å². The van der Waals surface area contributed by atoms with Crippen LogP contribution in [0, 0.1) is 0 Å². The Balaban J connectivity index is 4.28. The Morgan fingerprint density at radius 1 is 1.56 bits per heavy atom. The highest BCUT2D eigenvalue weighted by molar-refractivity contribution is 7.52. The van der Waals surface area contributed by atoms with E-state index in [1.807, 2.05) is 0 Å². The molecule has 0 aromatic carbocycles. The summed E-state index contributed by atoms with van der Waals surface area (Å²) < 4.78 is 22.2. The first-order valence-corrected chi connectivity index (χ1v) is 3.51. The SMILES string of the molecule is COP(=O)(N=C=[N-])OC. The molecule has 5 nitrogen and oxygen atoms in total. The minimum atomic E-state index is -3.42. The first-order valence-electron chi connectivity index (χ1n) is 2.01. The molecule has 0 aliphatic rings. The molecule has 0 unspecified atom stereocenters. The second-order valence-corrected chi connectivity index (χ2v) is 2.90. The predicted octanol–water partition coefficient (Wildman–Crippen LogP) is 1.13. The zero-order valence-corrected chi connectivity index (χ0v) is 5.96. The van der Waals surface area contributed by atoms with Crippen LogP contribution in [0.25, 0.3) is 5.41 Å². The third-order valence-electron chi connectivity index (χ3n) is 0.629. The van der Waals surface area contributed by atoms with Gasteiger partial charge in [0.05, 0.1) is 0 Å². The van der Waals surface area contributed by atoms with Crippen molar-refractivity contribution in [2.24, 2.45) is 4.76 Å². The van der Waals surface area contributed by atoms with Gasteiger partial charge in [-0.1, -0.05) is 0 Å². The van der Waals surface area contributed by atoms with Gasteiger partial charge in [-0.2, -0.15) is 0 Å². The van der Waals surface area contributed by atoms with Crippen molar-refractivity contribution in [2.75, 3.05) is 14.2 Å². The van der Waals surface area contributed by atoms with E-state index in [0.717, 1.165) is 14.2 Å². The second-order valence-electron chi connectivity index (χ2n) is 1.03. The van der Waals surface area contributed by atoms with Crippen LogP contribution >= 0.6 is 7.75 Å². The Morgan fingerprint density at radius 2 is 2.00 bits per heavy atom. The highest BCUT2D eigenvalue weighted by Gasteiger charge is 2.09. The van der Waals surface area contributed by atoms with Gasteiger partial charge in [0.2, 0.25) is 0 Å². The monoisotopic (exact) mass is 149 g/mol. The fourth-order valence-corrected chi connectivity index (χ4v) is 0.633. The van der Waals surface area contributed by atoms with Gasteiger partial charge in [-0.15, -0.1) is 6.01 Å². The molecule has 0 spiro atoms. The standard InChI is InChI=1S/C3H6N2O3P/c1-7-9(6,8-2)5-3-4/h1-2H3/q-1. The van der Waals surface area contributed by atoms with Crippen molar-refractivity contribution in [1.82, 2.24) is 0 Å². The molecule has 0 aromatic heterocycles. The maximum Gasteiger partial charge on any atom is 0.360 e. The summed E-state index contributed by atoms with van der Waals surface area (Å²) in [7, 11) is -1.10. The van der Waals surface area contributed by atoms with Crippen LogP contribution in [0.1, 0.15) is 0 Å². The third-order valence-corrected chi connectivity index (χ3v) is 1.89. The maximum absolute atomic E-state index is 10.7. The van der Waals surface area contributed by atoms with Crippen molar-refractivity contribution >= 4 is 13.8 Å². The molecule has 52 valence electrons. The van der Waals surface area contributed by atoms with Crippen LogP contribution < -0.4 is 0 Å². The van der Waals surface area contributed by atoms with Crippen molar-refractivity contribution in [1.29, 1.82) is 0 Å². The van der Waals surface area contributed by atoms with Crippen molar-refractivity contribution in [3.05, 3.63) is 5.41 Å². The molecule has 9 heavy (non-hydrogen) atoms. The van der Waals surface area contributed by atoms with Crippen molar-refractivity contribution < 1.29 is 13.6 Å². The number of hydrogen-bond donors (Lipinski definition) is 0. The normalized spacial score (nSPS) is 10.4. The molecule has 0 saturated carbocycles. The van der Waals surface area contributed by atoms with Crippen LogP contribution in [0.2, 0.25) is 0 Å². The lowest BCUT2D eigenvalue weighted by molar-refractivity contribution is 0.277. The highest BCUT2D eigenvalue weighted by Crippen LogP contribution is 2.47. The summed E-state index contributed by atoms with van der Waals surface area (Å²) in [4.78, 5) is 0. The fourth-order valence-electron chi connectivity index (χ4n) is 0.211. The van der Waals surface area contributed by atoms with Crippen molar-refractivity contribution in [2.45, 2.75) is 0 Å². The minimum absolute atomic E-state index is 1.16. The molecule has 0 fully saturated rings. The first kappa shape index (κ1) is 8.53. The molecule has 0 radical (unpaired) electrons. The van der Waals surface area contributed by atoms with E-state index in [0.29, 0.717) is 0 Å². The molecule has 0 heterocycles. The Kier molecular flexibility index (Phi) is 3.35. The first-order chi connectivity index (χ1) is 4.18. The molecule has 0 atom stereocenters. The van der Waals surface area contributed by atoms with Gasteiger partial charge in [0.15, 0.2) is 0 Å². The van der Waals surface area contributed by atoms with Gasteiger partial charge in [-0.25, -0.2) is 0 Å². The molecule has 0 amide bonds. The summed E-state index contributed by atoms with van der Waals surface area (Å²) in [6.07, 6.45) is 0. The average Bonchev–Trinajstić information content (AvgIpc) is 1.89. The summed E-state index contributed by atoms with van der Waals surface area (Å²) in [5.74, 6) is 0. The Morgan fingerprint density at radius 3 is 2.11 bits per heavy atom. The largest absolute Gasteiger partial charge is 0.422 e. The molecule has 0 bridgehead atoms. The predicted molar refractivity (Wildman–Crippen MR) is 32.4 cm³/mol. The Bertz CT molecular complexity index is 166. The van der Waals surface area contributed by atoms with Crippen LogP contribution in [0.5, 0.6) is 0 Å². The Hall–Kier alpha value is -0.470. The molecule has 0 N–H and O–H groups in total. The van der Waals surface area contributed by atoms with E-state index in [4.69, 9.17) is 5.41 Å². The van der Waals surface area contributed by atoms with Crippen molar-refractivity contribution in [3.8, 4) is 0 Å². The molecule has 0 saturated heterocycles. The number of rotatable bonds is 3. The number of nitrogens with zero attached hydrogens (tertiary/aromatic N) is 2. The fraction of sp³-hybridized carbons (Fsp3) is 0.667. The third kappa shape index (κ3) is 2.54. The van der Waals surface area contributed by atoms with E-state index in [2.05, 4.69) is 13.8 Å². The van der Waals surface area contributed by atoms with Gasteiger partial charge in [-0.05, 0) is 0 Å². The lowest BCUT2D eigenvalue weighted by Gasteiger charge is -2.10. The molecule has 6 heteroatoms. The van der Waals surface area contributed by atoms with Crippen LogP contribution in [0.15, 0.2) is 4.76 Å². The minimum Gasteiger partial charge on any atom is -0.422 e. The molecular formula is C3H6N2O3P-. The summed E-state index contributed by atoms with van der Waals surface area (Å²) in [6.45, 7) is 0. The van der Waals surface area contributed by atoms with Crippen LogP contribution in [0.3, 0.4) is 0 Å². The van der Waals surface area contributed by atoms with E-state index in [-0.39, 0.29) is 0 Å². The van der Waals surface area contributed by atoms with Gasteiger partial charge < -0.3 is 19.2 Å².